The molecule has 1 atom stereocenters. The van der Waals surface area contributed by atoms with E-state index in [0.717, 1.165) is 23.1 Å². The molecule has 3 nitrogen and oxygen atoms in total. The predicted octanol–water partition coefficient (Wildman–Crippen LogP) is 2.87. The third-order valence-corrected chi connectivity index (χ3v) is 3.69. The largest absolute Gasteiger partial charge is 0.326 e. The Labute approximate surface area is 110 Å². The van der Waals surface area contributed by atoms with Gasteiger partial charge >= 0.3 is 0 Å². The van der Waals surface area contributed by atoms with Gasteiger partial charge in [0.2, 0.25) is 5.91 Å². The Kier molecular flexibility index (Phi) is 4.18. The maximum absolute atomic E-state index is 11.9. The molecule has 1 heterocycles. The highest BCUT2D eigenvalue weighted by Gasteiger charge is 2.23. The molecule has 0 bridgehead atoms. The van der Waals surface area contributed by atoms with E-state index in [4.69, 9.17) is 0 Å². The number of amides is 1. The Balaban J connectivity index is 1.89. The van der Waals surface area contributed by atoms with Crippen LogP contribution in [0.5, 0.6) is 0 Å². The number of nitrogens with zero attached hydrogens (tertiary/aromatic N) is 1. The Morgan fingerprint density at radius 1 is 1.59 bits per heavy atom. The van der Waals surface area contributed by atoms with Crippen molar-refractivity contribution >= 4 is 27.5 Å². The van der Waals surface area contributed by atoms with Gasteiger partial charge in [-0.05, 0) is 44.6 Å². The van der Waals surface area contributed by atoms with Crippen LogP contribution in [0.4, 0.5) is 5.69 Å². The Morgan fingerprint density at radius 2 is 2.41 bits per heavy atom. The molecule has 0 saturated carbocycles. The monoisotopic (exact) mass is 296 g/mol. The van der Waals surface area contributed by atoms with Gasteiger partial charge in [-0.2, -0.15) is 0 Å². The van der Waals surface area contributed by atoms with Crippen molar-refractivity contribution in [1.82, 2.24) is 4.90 Å². The Bertz CT molecular complexity index is 408. The number of hydrogen-bond donors (Lipinski definition) is 1. The molecule has 0 radical (unpaired) electrons. The summed E-state index contributed by atoms with van der Waals surface area (Å²) in [5.41, 5.74) is 0.852. The standard InChI is InChI=1S/C13H17BrN2O/c1-16-7-3-6-12(16)9-13(17)15-11-5-2-4-10(14)8-11/h2,4-5,8,12H,3,6-7,9H2,1H3,(H,15,17). The molecule has 4 heteroatoms. The summed E-state index contributed by atoms with van der Waals surface area (Å²) >= 11 is 3.39. The van der Waals surface area contributed by atoms with Crippen molar-refractivity contribution in [1.29, 1.82) is 0 Å². The summed E-state index contributed by atoms with van der Waals surface area (Å²) in [6, 6.07) is 8.08. The number of carbonyl (C=O) groups excluding carboxylic acids is 1. The zero-order chi connectivity index (χ0) is 12.3. The van der Waals surface area contributed by atoms with E-state index < -0.39 is 0 Å². The lowest BCUT2D eigenvalue weighted by Crippen LogP contribution is -2.29. The van der Waals surface area contributed by atoms with Gasteiger partial charge in [-0.25, -0.2) is 0 Å². The molecule has 1 aliphatic rings. The first-order valence-corrected chi connectivity index (χ1v) is 6.70. The molecule has 17 heavy (non-hydrogen) atoms. The lowest BCUT2D eigenvalue weighted by Gasteiger charge is -2.18. The van der Waals surface area contributed by atoms with Gasteiger partial charge in [0.15, 0.2) is 0 Å². The minimum Gasteiger partial charge on any atom is -0.326 e. The smallest absolute Gasteiger partial charge is 0.225 e. The molecule has 92 valence electrons. The summed E-state index contributed by atoms with van der Waals surface area (Å²) < 4.78 is 0.980. The van der Waals surface area contributed by atoms with E-state index in [2.05, 4.69) is 33.2 Å². The van der Waals surface area contributed by atoms with E-state index in [-0.39, 0.29) is 5.91 Å². The molecule has 1 aromatic rings. The minimum atomic E-state index is 0.0989. The highest BCUT2D eigenvalue weighted by atomic mass is 79.9. The fraction of sp³-hybridized carbons (Fsp3) is 0.462. The number of rotatable bonds is 3. The van der Waals surface area contributed by atoms with Crippen LogP contribution in [-0.4, -0.2) is 30.4 Å². The van der Waals surface area contributed by atoms with Gasteiger partial charge in [-0.1, -0.05) is 22.0 Å². The maximum atomic E-state index is 11.9. The van der Waals surface area contributed by atoms with Crippen LogP contribution in [0.2, 0.25) is 0 Å². The summed E-state index contributed by atoms with van der Waals surface area (Å²) in [5, 5.41) is 2.93. The van der Waals surface area contributed by atoms with Crippen LogP contribution in [0.25, 0.3) is 0 Å². The van der Waals surface area contributed by atoms with E-state index >= 15 is 0 Å². The second-order valence-electron chi connectivity index (χ2n) is 4.54. The first-order chi connectivity index (χ1) is 8.15. The molecule has 1 aliphatic heterocycles. The maximum Gasteiger partial charge on any atom is 0.225 e. The van der Waals surface area contributed by atoms with Crippen LogP contribution >= 0.6 is 15.9 Å². The Morgan fingerprint density at radius 3 is 3.06 bits per heavy atom. The van der Waals surface area contributed by atoms with Gasteiger partial charge in [0.25, 0.3) is 0 Å². The van der Waals surface area contributed by atoms with E-state index in [0.29, 0.717) is 12.5 Å². The number of likely N-dealkylation sites (tertiary alicyclic amines) is 1. The van der Waals surface area contributed by atoms with E-state index in [1.807, 2.05) is 24.3 Å². The van der Waals surface area contributed by atoms with Crippen LogP contribution in [0.1, 0.15) is 19.3 Å². The third-order valence-electron chi connectivity index (χ3n) is 3.20. The number of benzene rings is 1. The average Bonchev–Trinajstić information content (AvgIpc) is 2.64. The molecule has 2 rings (SSSR count). The van der Waals surface area contributed by atoms with Gasteiger partial charge < -0.3 is 10.2 Å². The van der Waals surface area contributed by atoms with Gasteiger partial charge in [0.1, 0.15) is 0 Å². The molecule has 0 aromatic heterocycles. The van der Waals surface area contributed by atoms with Crippen molar-refractivity contribution in [3.8, 4) is 0 Å². The molecule has 1 saturated heterocycles. The van der Waals surface area contributed by atoms with Crippen LogP contribution < -0.4 is 5.32 Å². The average molecular weight is 297 g/mol. The molecular weight excluding hydrogens is 280 g/mol. The molecule has 0 aliphatic carbocycles. The first-order valence-electron chi connectivity index (χ1n) is 5.91. The molecule has 1 fully saturated rings. The summed E-state index contributed by atoms with van der Waals surface area (Å²) in [7, 11) is 2.09. The molecule has 1 N–H and O–H groups in total. The zero-order valence-corrected chi connectivity index (χ0v) is 11.5. The van der Waals surface area contributed by atoms with Crippen LogP contribution in [0, 0.1) is 0 Å². The number of carbonyl (C=O) groups is 1. The molecule has 1 unspecified atom stereocenters. The topological polar surface area (TPSA) is 32.3 Å². The molecule has 1 aromatic carbocycles. The van der Waals surface area contributed by atoms with Gasteiger partial charge in [-0.3, -0.25) is 4.79 Å². The van der Waals surface area contributed by atoms with Crippen LogP contribution in [0.3, 0.4) is 0 Å². The van der Waals surface area contributed by atoms with E-state index in [1.165, 1.54) is 6.42 Å². The second-order valence-corrected chi connectivity index (χ2v) is 5.45. The number of hydrogen-bond acceptors (Lipinski definition) is 2. The minimum absolute atomic E-state index is 0.0989. The predicted molar refractivity (Wildman–Crippen MR) is 73.0 cm³/mol. The lowest BCUT2D eigenvalue weighted by molar-refractivity contribution is -0.117. The molecular formula is C13H17BrN2O. The van der Waals surface area contributed by atoms with Gasteiger partial charge in [0.05, 0.1) is 0 Å². The van der Waals surface area contributed by atoms with Crippen LogP contribution in [-0.2, 0) is 4.79 Å². The quantitative estimate of drug-likeness (QED) is 0.930. The zero-order valence-electron chi connectivity index (χ0n) is 9.95. The number of nitrogens with one attached hydrogen (secondary N) is 1. The highest BCUT2D eigenvalue weighted by molar-refractivity contribution is 9.10. The molecule has 0 spiro atoms. The SMILES string of the molecule is CN1CCCC1CC(=O)Nc1cccc(Br)c1. The van der Waals surface area contributed by atoms with Crippen molar-refractivity contribution in [3.63, 3.8) is 0 Å². The van der Waals surface area contributed by atoms with E-state index in [1.54, 1.807) is 0 Å². The van der Waals surface area contributed by atoms with Crippen molar-refractivity contribution in [2.75, 3.05) is 18.9 Å². The number of halogens is 1. The fourth-order valence-corrected chi connectivity index (χ4v) is 2.63. The number of anilines is 1. The lowest BCUT2D eigenvalue weighted by atomic mass is 10.1. The summed E-state index contributed by atoms with van der Waals surface area (Å²) in [6.07, 6.45) is 2.91. The van der Waals surface area contributed by atoms with Gasteiger partial charge in [0, 0.05) is 22.6 Å². The van der Waals surface area contributed by atoms with Crippen molar-refractivity contribution < 1.29 is 4.79 Å². The van der Waals surface area contributed by atoms with Crippen molar-refractivity contribution in [2.45, 2.75) is 25.3 Å². The summed E-state index contributed by atoms with van der Waals surface area (Å²) in [4.78, 5) is 14.1. The summed E-state index contributed by atoms with van der Waals surface area (Å²) in [6.45, 7) is 1.11. The fourth-order valence-electron chi connectivity index (χ4n) is 2.23. The first kappa shape index (κ1) is 12.6. The molecule has 1 amide bonds. The van der Waals surface area contributed by atoms with E-state index in [9.17, 15) is 4.79 Å². The van der Waals surface area contributed by atoms with Crippen molar-refractivity contribution in [2.24, 2.45) is 0 Å². The van der Waals surface area contributed by atoms with Crippen molar-refractivity contribution in [3.05, 3.63) is 28.7 Å². The summed E-state index contributed by atoms with van der Waals surface area (Å²) in [5.74, 6) is 0.0989. The van der Waals surface area contributed by atoms with Crippen LogP contribution in [0.15, 0.2) is 28.7 Å². The normalized spacial score (nSPS) is 20.5. The Hall–Kier alpha value is -0.870. The highest BCUT2D eigenvalue weighted by Crippen LogP contribution is 2.19. The second kappa shape index (κ2) is 5.65. The third kappa shape index (κ3) is 3.54. The van der Waals surface area contributed by atoms with Gasteiger partial charge in [-0.15, -0.1) is 0 Å².